The number of para-hydroxylation sites is 1. The van der Waals surface area contributed by atoms with Gasteiger partial charge in [0.15, 0.2) is 5.43 Å². The van der Waals surface area contributed by atoms with Gasteiger partial charge in [0.2, 0.25) is 0 Å². The maximum absolute atomic E-state index is 13.4. The molecule has 1 aromatic heterocycles. The Balaban J connectivity index is 1.87. The lowest BCUT2D eigenvalue weighted by molar-refractivity contribution is -0.137. The summed E-state index contributed by atoms with van der Waals surface area (Å²) in [5, 5.41) is 10.2. The second-order valence-electron chi connectivity index (χ2n) is 7.71. The summed E-state index contributed by atoms with van der Waals surface area (Å²) < 4.78 is 45.6. The number of carbonyl (C=O) groups is 1. The van der Waals surface area contributed by atoms with Crippen LogP contribution in [0.4, 0.5) is 13.2 Å². The number of hydrogen-bond acceptors (Lipinski definition) is 3. The van der Waals surface area contributed by atoms with Crippen LogP contribution in [0.2, 0.25) is 0 Å². The third-order valence-electron chi connectivity index (χ3n) is 5.78. The first-order valence-electron chi connectivity index (χ1n) is 10.0. The molecular weight excluding hydrogens is 433 g/mol. The molecule has 0 fully saturated rings. The van der Waals surface area contributed by atoms with Crippen molar-refractivity contribution in [2.45, 2.75) is 12.1 Å². The van der Waals surface area contributed by atoms with E-state index in [9.17, 15) is 27.9 Å². The zero-order chi connectivity index (χ0) is 23.3. The molecule has 0 radical (unpaired) electrons. The second-order valence-corrected chi connectivity index (χ2v) is 7.71. The first-order chi connectivity index (χ1) is 15.8. The van der Waals surface area contributed by atoms with Gasteiger partial charge in [-0.25, -0.2) is 4.79 Å². The average molecular weight is 448 g/mol. The van der Waals surface area contributed by atoms with Gasteiger partial charge in [0, 0.05) is 0 Å². The molecule has 1 atom stereocenters. The summed E-state index contributed by atoms with van der Waals surface area (Å²) in [6.07, 6.45) is -3.21. The van der Waals surface area contributed by atoms with Crippen molar-refractivity contribution in [1.82, 2.24) is 0 Å². The maximum atomic E-state index is 13.4. The highest BCUT2D eigenvalue weighted by Gasteiger charge is 2.34. The third kappa shape index (κ3) is 3.42. The van der Waals surface area contributed by atoms with E-state index in [0.29, 0.717) is 22.3 Å². The minimum atomic E-state index is -4.50. The van der Waals surface area contributed by atoms with Gasteiger partial charge in [-0.15, -0.1) is 0 Å². The van der Waals surface area contributed by atoms with Crippen molar-refractivity contribution in [3.05, 3.63) is 117 Å². The van der Waals surface area contributed by atoms with Crippen molar-refractivity contribution in [3.8, 4) is 0 Å². The normalized spacial score (nSPS) is 15.4. The number of halogens is 3. The van der Waals surface area contributed by atoms with Gasteiger partial charge in [-0.1, -0.05) is 48.5 Å². The van der Waals surface area contributed by atoms with Crippen molar-refractivity contribution in [3.63, 3.8) is 0 Å². The minimum Gasteiger partial charge on any atom is -0.478 e. The highest BCUT2D eigenvalue weighted by atomic mass is 19.4. The van der Waals surface area contributed by atoms with E-state index in [1.54, 1.807) is 48.5 Å². The molecule has 3 aromatic carbocycles. The van der Waals surface area contributed by atoms with Crippen LogP contribution in [0.3, 0.4) is 0 Å². The van der Waals surface area contributed by atoms with Crippen LogP contribution in [0.15, 0.2) is 82.0 Å². The van der Waals surface area contributed by atoms with Crippen LogP contribution in [0.25, 0.3) is 22.6 Å². The van der Waals surface area contributed by atoms with E-state index >= 15 is 0 Å². The number of fused-ring (bicyclic) bond motifs is 3. The summed E-state index contributed by atoms with van der Waals surface area (Å²) in [6.45, 7) is 0. The Labute approximate surface area is 185 Å². The summed E-state index contributed by atoms with van der Waals surface area (Å²) in [5.74, 6) is -1.83. The zero-order valence-electron chi connectivity index (χ0n) is 16.9. The number of carboxylic acid groups (broad SMARTS) is 1. The molecule has 33 heavy (non-hydrogen) atoms. The molecule has 1 N–H and O–H groups in total. The molecule has 0 bridgehead atoms. The SMILES string of the molecule is O=C(O)C1=Cc2c(oc3ccccc3c2=O)C(c2ccc(C(F)(F)F)cc2)c2ccccc21. The summed E-state index contributed by atoms with van der Waals surface area (Å²) >= 11 is 0. The molecule has 1 aliphatic carbocycles. The van der Waals surface area contributed by atoms with E-state index in [2.05, 4.69) is 0 Å². The van der Waals surface area contributed by atoms with Crippen LogP contribution in [0.1, 0.15) is 39.5 Å². The van der Waals surface area contributed by atoms with Gasteiger partial charge in [-0.05, 0) is 47.0 Å². The minimum absolute atomic E-state index is 0.0622. The smallest absolute Gasteiger partial charge is 0.416 e. The number of alkyl halides is 3. The molecule has 0 aliphatic heterocycles. The van der Waals surface area contributed by atoms with Gasteiger partial charge in [0.1, 0.15) is 11.3 Å². The fourth-order valence-electron chi connectivity index (χ4n) is 4.25. The van der Waals surface area contributed by atoms with Crippen molar-refractivity contribution >= 4 is 28.6 Å². The van der Waals surface area contributed by atoms with Crippen LogP contribution >= 0.6 is 0 Å². The number of aliphatic carboxylic acids is 1. The highest BCUT2D eigenvalue weighted by molar-refractivity contribution is 6.21. The molecule has 1 aliphatic rings. The molecule has 1 unspecified atom stereocenters. The highest BCUT2D eigenvalue weighted by Crippen LogP contribution is 2.42. The summed E-state index contributed by atoms with van der Waals surface area (Å²) in [5.41, 5.74) is 0.384. The largest absolute Gasteiger partial charge is 0.478 e. The Morgan fingerprint density at radius 3 is 2.27 bits per heavy atom. The fourth-order valence-corrected chi connectivity index (χ4v) is 4.25. The van der Waals surface area contributed by atoms with E-state index < -0.39 is 29.1 Å². The first kappa shape index (κ1) is 20.8. The van der Waals surface area contributed by atoms with Gasteiger partial charge in [-0.2, -0.15) is 13.2 Å². The number of rotatable bonds is 2. The summed E-state index contributed by atoms with van der Waals surface area (Å²) in [7, 11) is 0. The Bertz CT molecular complexity index is 1490. The van der Waals surface area contributed by atoms with Gasteiger partial charge in [0.05, 0.1) is 28.0 Å². The molecule has 0 amide bonds. The molecule has 164 valence electrons. The molecule has 1 heterocycles. The third-order valence-corrected chi connectivity index (χ3v) is 5.78. The standard InChI is InChI=1S/C26H15F3O4/c27-26(28,29)15-11-9-14(10-12-15)22-17-6-2-1-5-16(17)19(25(31)32)13-20-23(30)18-7-3-4-8-21(18)33-24(20)22/h1-13,22H,(H,31,32). The van der Waals surface area contributed by atoms with Gasteiger partial charge < -0.3 is 9.52 Å². The zero-order valence-corrected chi connectivity index (χ0v) is 16.9. The number of carboxylic acids is 1. The lowest BCUT2D eigenvalue weighted by Gasteiger charge is -2.21. The monoisotopic (exact) mass is 448 g/mol. The molecule has 4 nitrogen and oxygen atoms in total. The molecule has 0 saturated heterocycles. The van der Waals surface area contributed by atoms with Crippen molar-refractivity contribution in [1.29, 1.82) is 0 Å². The molecule has 4 aromatic rings. The Morgan fingerprint density at radius 2 is 1.58 bits per heavy atom. The van der Waals surface area contributed by atoms with E-state index in [-0.39, 0.29) is 22.3 Å². The topological polar surface area (TPSA) is 67.5 Å². The molecule has 5 rings (SSSR count). The van der Waals surface area contributed by atoms with E-state index in [4.69, 9.17) is 4.42 Å². The van der Waals surface area contributed by atoms with Crippen LogP contribution in [-0.2, 0) is 11.0 Å². The maximum Gasteiger partial charge on any atom is 0.416 e. The summed E-state index contributed by atoms with van der Waals surface area (Å²) in [4.78, 5) is 25.5. The number of benzene rings is 3. The van der Waals surface area contributed by atoms with Crippen LogP contribution in [0, 0.1) is 0 Å². The predicted octanol–water partition coefficient (Wildman–Crippen LogP) is 5.93. The van der Waals surface area contributed by atoms with Crippen molar-refractivity contribution < 1.29 is 27.5 Å². The average Bonchev–Trinajstić information content (AvgIpc) is 2.94. The van der Waals surface area contributed by atoms with E-state index in [1.165, 1.54) is 18.2 Å². The molecular formula is C26H15F3O4. The number of hydrogen-bond donors (Lipinski definition) is 1. The fraction of sp³-hybridized carbons (Fsp3) is 0.0769. The second kappa shape index (κ2) is 7.48. The van der Waals surface area contributed by atoms with Gasteiger partial charge in [-0.3, -0.25) is 4.79 Å². The summed E-state index contributed by atoms with van der Waals surface area (Å²) in [6, 6.07) is 17.9. The van der Waals surface area contributed by atoms with Crippen LogP contribution in [0.5, 0.6) is 0 Å². The lowest BCUT2D eigenvalue weighted by Crippen LogP contribution is -2.14. The Morgan fingerprint density at radius 1 is 0.909 bits per heavy atom. The quantitative estimate of drug-likeness (QED) is 0.413. The Hall–Kier alpha value is -4.13. The molecule has 0 saturated carbocycles. The van der Waals surface area contributed by atoms with Gasteiger partial charge >= 0.3 is 12.1 Å². The van der Waals surface area contributed by atoms with E-state index in [0.717, 1.165) is 12.1 Å². The van der Waals surface area contributed by atoms with Crippen LogP contribution < -0.4 is 5.43 Å². The Kier molecular flexibility index (Phi) is 4.70. The van der Waals surface area contributed by atoms with Crippen molar-refractivity contribution in [2.75, 3.05) is 0 Å². The van der Waals surface area contributed by atoms with E-state index in [1.807, 2.05) is 0 Å². The first-order valence-corrected chi connectivity index (χ1v) is 10.0. The molecule has 7 heteroatoms. The van der Waals surface area contributed by atoms with Gasteiger partial charge in [0.25, 0.3) is 0 Å². The predicted molar refractivity (Wildman–Crippen MR) is 117 cm³/mol. The van der Waals surface area contributed by atoms with Crippen LogP contribution in [-0.4, -0.2) is 11.1 Å². The molecule has 0 spiro atoms. The van der Waals surface area contributed by atoms with Crippen molar-refractivity contribution in [2.24, 2.45) is 0 Å². The lowest BCUT2D eigenvalue weighted by atomic mass is 9.84.